The number of carbonyl (C=O) groups is 8. The summed E-state index contributed by atoms with van der Waals surface area (Å²) in [7, 11) is 0. The first-order chi connectivity index (χ1) is 56.6. The molecule has 1 aliphatic carbocycles. The predicted molar refractivity (Wildman–Crippen MR) is 471 cm³/mol. The van der Waals surface area contributed by atoms with Crippen molar-refractivity contribution in [1.29, 1.82) is 0 Å². The minimum absolute atomic E-state index is 0.182. The molecule has 4 heterocycles. The minimum Gasteiger partial charge on any atom is -0.399 e. The van der Waals surface area contributed by atoms with Gasteiger partial charge in [-0.15, -0.1) is 0 Å². The summed E-state index contributed by atoms with van der Waals surface area (Å²) >= 11 is 0. The largest absolute Gasteiger partial charge is 0.399 e. The van der Waals surface area contributed by atoms with E-state index in [4.69, 9.17) is 45.9 Å². The minimum atomic E-state index is -0.697. The molecule has 8 aromatic rings. The van der Waals surface area contributed by atoms with Gasteiger partial charge in [-0.1, -0.05) is 266 Å². The predicted octanol–water partition coefficient (Wildman–Crippen LogP) is 20.0. The molecule has 0 unspecified atom stereocenters. The van der Waals surface area contributed by atoms with E-state index in [0.29, 0.717) is 36.7 Å². The molecule has 13 rings (SSSR count). The second-order valence-electron chi connectivity index (χ2n) is 30.5. The van der Waals surface area contributed by atoms with Crippen molar-refractivity contribution in [2.75, 3.05) is 42.6 Å². The average Bonchev–Trinajstić information content (AvgIpc) is 1.65. The first-order valence-corrected chi connectivity index (χ1v) is 42.5. The van der Waals surface area contributed by atoms with E-state index in [1.165, 1.54) is 252 Å². The highest BCUT2D eigenvalue weighted by atomic mass is 16.6. The number of unbranched alkanes of at least 4 members (excludes halogenated alkanes) is 24. The van der Waals surface area contributed by atoms with Gasteiger partial charge >= 0.3 is 47.8 Å². The molecule has 1 fully saturated rings. The van der Waals surface area contributed by atoms with Crippen LogP contribution >= 0.6 is 0 Å². The number of hydrogen-bond donors (Lipinski definition) is 8. The molecule has 0 amide bonds. The van der Waals surface area contributed by atoms with Gasteiger partial charge in [0.05, 0.1) is 44.5 Å². The van der Waals surface area contributed by atoms with E-state index in [9.17, 15) is 38.4 Å². The topological polar surface area (TPSA) is 382 Å². The van der Waals surface area contributed by atoms with E-state index in [0.717, 1.165) is 46.8 Å². The van der Waals surface area contributed by atoms with E-state index in [1.807, 2.05) is 48.5 Å². The average molecular weight is 1600 g/mol. The Kier molecular flexibility index (Phi) is 44.2. The molecule has 117 heavy (non-hydrogen) atoms. The van der Waals surface area contributed by atoms with Crippen LogP contribution in [-0.4, -0.2) is 73.4 Å². The number of hydrogen-bond acceptors (Lipinski definition) is 20. The van der Waals surface area contributed by atoms with Crippen LogP contribution in [0.1, 0.15) is 329 Å². The lowest BCUT2D eigenvalue weighted by atomic mass is 9.97. The fraction of sp³-hybridized carbons (Fsp3) is 0.423. The Balaban J connectivity index is 0.000000216. The van der Waals surface area contributed by atoms with Crippen molar-refractivity contribution in [3.8, 4) is 11.1 Å². The molecule has 628 valence electrons. The molecular weight excluding hydrogens is 1470 g/mol. The van der Waals surface area contributed by atoms with Crippen LogP contribution in [0.15, 0.2) is 170 Å². The van der Waals surface area contributed by atoms with Crippen LogP contribution in [0.4, 0.5) is 22.7 Å². The molecule has 0 spiro atoms. The van der Waals surface area contributed by atoms with Crippen LogP contribution in [0.2, 0.25) is 0 Å². The molecule has 1 saturated carbocycles. The second-order valence-corrected chi connectivity index (χ2v) is 30.5. The Morgan fingerprint density at radius 2 is 0.530 bits per heavy atom. The number of aryl methyl sites for hydroxylation is 2. The molecule has 0 bridgehead atoms. The van der Waals surface area contributed by atoms with Gasteiger partial charge in [-0.05, 0) is 194 Å². The molecule has 20 nitrogen and oxygen atoms in total. The molecule has 8 aromatic carbocycles. The Morgan fingerprint density at radius 1 is 0.274 bits per heavy atom. The van der Waals surface area contributed by atoms with Gasteiger partial charge in [0.2, 0.25) is 0 Å². The summed E-state index contributed by atoms with van der Waals surface area (Å²) in [6.07, 6.45) is 46.4. The maximum Gasteiger partial charge on any atom is 0.346 e. The van der Waals surface area contributed by atoms with Crippen LogP contribution in [0.25, 0.3) is 11.1 Å². The van der Waals surface area contributed by atoms with Crippen molar-refractivity contribution >= 4 is 70.5 Å². The third-order valence-corrected chi connectivity index (χ3v) is 20.6. The quantitative estimate of drug-likeness (QED) is 0.00622. The van der Waals surface area contributed by atoms with E-state index >= 15 is 0 Å². The molecule has 20 heteroatoms. The van der Waals surface area contributed by atoms with Crippen molar-refractivity contribution in [2.45, 2.75) is 245 Å². The Bertz CT molecular complexity index is 4130. The molecule has 0 radical (unpaired) electrons. The van der Waals surface area contributed by atoms with Gasteiger partial charge in [0, 0.05) is 41.9 Å². The highest BCUT2D eigenvalue weighted by Gasteiger charge is 2.34. The van der Waals surface area contributed by atoms with E-state index in [2.05, 4.69) is 64.0 Å². The lowest BCUT2D eigenvalue weighted by Crippen LogP contribution is -2.22. The van der Waals surface area contributed by atoms with Gasteiger partial charge in [-0.25, -0.2) is 38.4 Å². The zero-order valence-corrected chi connectivity index (χ0v) is 69.4. The third-order valence-electron chi connectivity index (χ3n) is 20.6. The Hall–Kier alpha value is -10.6. The Labute approximate surface area is 693 Å². The number of nitrogens with two attached hydrogens (primary N) is 8. The van der Waals surface area contributed by atoms with Crippen molar-refractivity contribution in [3.63, 3.8) is 0 Å². The maximum atomic E-state index is 11.6. The van der Waals surface area contributed by atoms with Gasteiger partial charge in [0.1, 0.15) is 0 Å². The number of benzene rings is 8. The lowest BCUT2D eigenvalue weighted by Gasteiger charge is -2.15. The van der Waals surface area contributed by atoms with Crippen LogP contribution < -0.4 is 45.9 Å². The highest BCUT2D eigenvalue weighted by Crippen LogP contribution is 2.32. The summed E-state index contributed by atoms with van der Waals surface area (Å²) < 4.78 is 18.2. The SMILES string of the molecule is CCCCCCCCCCCCCCCCCCN.CCCCCCCCCCCCc1ccc(C)cc1.NC1CCCCC1.NCCN.Nc1ccc(Cc2ccc(N)cc2)cc1.Nc1ccc(N)cc1.O=C1OC(=O)c2cc(-c3ccc4c(c3)C(=O)OC4=O)ccc21.O=C1OC(=O)c2cc(Cc3ccc4c(c3)C(=O)OC4=O)ccc21. The lowest BCUT2D eigenvalue weighted by molar-refractivity contribution is 0.0425. The van der Waals surface area contributed by atoms with Crippen molar-refractivity contribution < 1.29 is 57.3 Å². The number of anilines is 4. The number of ether oxygens (including phenoxy) is 4. The Morgan fingerprint density at radius 3 is 0.829 bits per heavy atom. The smallest absolute Gasteiger partial charge is 0.346 e. The summed E-state index contributed by atoms with van der Waals surface area (Å²) in [5.74, 6) is -5.34. The molecule has 0 aromatic heterocycles. The highest BCUT2D eigenvalue weighted by molar-refractivity contribution is 6.17. The summed E-state index contributed by atoms with van der Waals surface area (Å²) in [6.45, 7) is 8.80. The molecule has 16 N–H and O–H groups in total. The summed E-state index contributed by atoms with van der Waals surface area (Å²) in [4.78, 5) is 92.0. The standard InChI is InChI=1S/C19H32.C18H39N.C17H8O6.C16H6O6.C13H14N2.C6H8N2.C6H13N.C2H8N2/c1-3-4-5-6-7-8-9-10-11-12-13-19-16-14-18(2)15-17-19;1-2-3-4-5-6-7-8-9-10-11-12-13-14-15-16-17-18-19;18-14-10-3-1-8(6-12(10)16(20)22-14)5-9-2-4-11-13(7-9)17(21)23-15(11)19;17-13-9-3-1-7(5-11(9)15(19)21-13)8-2-4-10-12(6-8)16(20)22-14(10)18;14-12-5-1-10(2-6-12)9-11-3-7-13(15)8-4-11;7-5-1-2-6(8)4-3-5;7-6-4-2-1-3-5-6;3-1-2-4/h14-17H,3-13H2,1-2H3;2-19H2,1H3;1-4,6-7H,5H2;1-6H;1-8H,9,14-15H2;1-4H,7-8H2;6H,1-5,7H2;1-4H2. The van der Waals surface area contributed by atoms with Gasteiger partial charge < -0.3 is 64.8 Å². The van der Waals surface area contributed by atoms with Gasteiger partial charge in [-0.3, -0.25) is 0 Å². The third kappa shape index (κ3) is 35.4. The number of cyclic esters (lactones) is 8. The van der Waals surface area contributed by atoms with Gasteiger partial charge in [0.15, 0.2) is 0 Å². The van der Waals surface area contributed by atoms with Crippen molar-refractivity contribution in [1.82, 2.24) is 0 Å². The zero-order valence-electron chi connectivity index (χ0n) is 69.4. The van der Waals surface area contributed by atoms with Crippen molar-refractivity contribution in [2.24, 2.45) is 22.9 Å². The molecule has 0 saturated heterocycles. The molecule has 4 aliphatic heterocycles. The molecule has 0 atom stereocenters. The molecule has 5 aliphatic rings. The van der Waals surface area contributed by atoms with Crippen LogP contribution in [-0.2, 0) is 38.2 Å². The molecular formula is C97H128N8O12. The fourth-order valence-corrected chi connectivity index (χ4v) is 13.7. The number of rotatable bonds is 33. The summed E-state index contributed by atoms with van der Waals surface area (Å²) in [6, 6.07) is 51.6. The van der Waals surface area contributed by atoms with E-state index in [1.54, 1.807) is 72.8 Å². The summed E-state index contributed by atoms with van der Waals surface area (Å²) in [5.41, 5.74) is 56.0. The van der Waals surface area contributed by atoms with Crippen molar-refractivity contribution in [3.05, 3.63) is 248 Å². The monoisotopic (exact) mass is 1600 g/mol. The summed E-state index contributed by atoms with van der Waals surface area (Å²) in [5, 5.41) is 0. The maximum absolute atomic E-state index is 11.6. The van der Waals surface area contributed by atoms with Crippen LogP contribution in [0.5, 0.6) is 0 Å². The van der Waals surface area contributed by atoms with Crippen LogP contribution in [0.3, 0.4) is 0 Å². The van der Waals surface area contributed by atoms with E-state index in [-0.39, 0.29) is 44.5 Å². The number of esters is 8. The van der Waals surface area contributed by atoms with Crippen LogP contribution in [0, 0.1) is 6.92 Å². The zero-order chi connectivity index (χ0) is 84.5. The number of nitrogen functional groups attached to an aromatic ring is 4. The van der Waals surface area contributed by atoms with Gasteiger partial charge in [0.25, 0.3) is 0 Å². The number of carbonyl (C=O) groups excluding carboxylic acids is 8. The number of fused-ring (bicyclic) bond motifs is 4. The fourth-order valence-electron chi connectivity index (χ4n) is 13.7. The second kappa shape index (κ2) is 54.3. The van der Waals surface area contributed by atoms with Gasteiger partial charge in [-0.2, -0.15) is 0 Å². The first-order valence-electron chi connectivity index (χ1n) is 42.5. The van der Waals surface area contributed by atoms with E-state index < -0.39 is 47.8 Å². The normalized spacial score (nSPS) is 13.2. The first kappa shape index (κ1) is 95.2.